The largest absolute Gasteiger partial charge is 0.198 e. The van der Waals surface area contributed by atoms with Gasteiger partial charge in [-0.25, -0.2) is 0 Å². The van der Waals surface area contributed by atoms with E-state index in [1.165, 1.54) is 22.3 Å². The van der Waals surface area contributed by atoms with Crippen LogP contribution in [0.2, 0.25) is 0 Å². The van der Waals surface area contributed by atoms with Gasteiger partial charge in [0.25, 0.3) is 0 Å². The molecule has 0 amide bonds. The summed E-state index contributed by atoms with van der Waals surface area (Å²) in [5, 5.41) is 9.74. The van der Waals surface area contributed by atoms with E-state index in [1.807, 2.05) is 0 Å². The molecule has 1 nitrogen and oxygen atoms in total. The molecule has 106 valence electrons. The van der Waals surface area contributed by atoms with Crippen LogP contribution in [-0.2, 0) is 19.3 Å². The Hall–Kier alpha value is -2.07. The third-order valence-corrected chi connectivity index (χ3v) is 4.60. The van der Waals surface area contributed by atoms with Gasteiger partial charge in [0.15, 0.2) is 0 Å². The zero-order chi connectivity index (χ0) is 14.9. The van der Waals surface area contributed by atoms with Gasteiger partial charge in [0.1, 0.15) is 0 Å². The summed E-state index contributed by atoms with van der Waals surface area (Å²) < 4.78 is 0. The number of benzene rings is 2. The van der Waals surface area contributed by atoms with Crippen LogP contribution in [0.15, 0.2) is 48.5 Å². The van der Waals surface area contributed by atoms with Gasteiger partial charge in [-0.15, -0.1) is 0 Å². The fourth-order valence-electron chi connectivity index (χ4n) is 3.35. The van der Waals surface area contributed by atoms with Crippen molar-refractivity contribution in [1.82, 2.24) is 0 Å². The first-order chi connectivity index (χ1) is 10.1. The summed E-state index contributed by atoms with van der Waals surface area (Å²) >= 11 is 0. The van der Waals surface area contributed by atoms with E-state index in [4.69, 9.17) is 0 Å². The quantitative estimate of drug-likeness (QED) is 0.799. The van der Waals surface area contributed by atoms with Crippen LogP contribution in [0.1, 0.15) is 42.0 Å². The molecule has 0 fully saturated rings. The summed E-state index contributed by atoms with van der Waals surface area (Å²) in [7, 11) is 0. The average molecular weight is 275 g/mol. The van der Waals surface area contributed by atoms with Crippen LogP contribution < -0.4 is 0 Å². The first kappa shape index (κ1) is 13.9. The van der Waals surface area contributed by atoms with Gasteiger partial charge in [-0.2, -0.15) is 5.26 Å². The molecule has 3 rings (SSSR count). The highest BCUT2D eigenvalue weighted by atomic mass is 14.4. The molecule has 21 heavy (non-hydrogen) atoms. The molecule has 2 aromatic rings. The lowest BCUT2D eigenvalue weighted by atomic mass is 9.80. The summed E-state index contributed by atoms with van der Waals surface area (Å²) in [5.74, 6) is 0.555. The lowest BCUT2D eigenvalue weighted by Crippen LogP contribution is -2.22. The van der Waals surface area contributed by atoms with Crippen molar-refractivity contribution in [3.63, 3.8) is 0 Å². The van der Waals surface area contributed by atoms with Crippen LogP contribution in [0.4, 0.5) is 0 Å². The lowest BCUT2D eigenvalue weighted by Gasteiger charge is -2.20. The molecule has 1 aliphatic carbocycles. The van der Waals surface area contributed by atoms with Crippen molar-refractivity contribution in [3.05, 3.63) is 70.8 Å². The molecule has 2 aromatic carbocycles. The number of fused-ring (bicyclic) bond motifs is 1. The summed E-state index contributed by atoms with van der Waals surface area (Å²) in [6.07, 6.45) is 2.60. The molecule has 0 spiro atoms. The van der Waals surface area contributed by atoms with Crippen molar-refractivity contribution in [2.75, 3.05) is 0 Å². The van der Waals surface area contributed by atoms with Crippen LogP contribution in [0.25, 0.3) is 0 Å². The predicted molar refractivity (Wildman–Crippen MR) is 86.1 cm³/mol. The molecule has 0 N–H and O–H groups in total. The van der Waals surface area contributed by atoms with Gasteiger partial charge >= 0.3 is 0 Å². The molecule has 0 heterocycles. The minimum Gasteiger partial charge on any atom is -0.198 e. The van der Waals surface area contributed by atoms with Crippen LogP contribution in [0, 0.1) is 16.7 Å². The van der Waals surface area contributed by atoms with E-state index in [0.717, 1.165) is 19.3 Å². The minimum atomic E-state index is -0.261. The molecule has 0 bridgehead atoms. The highest BCUT2D eigenvalue weighted by molar-refractivity contribution is 5.38. The van der Waals surface area contributed by atoms with E-state index in [0.29, 0.717) is 5.92 Å². The third-order valence-electron chi connectivity index (χ3n) is 4.60. The van der Waals surface area contributed by atoms with Crippen molar-refractivity contribution in [3.8, 4) is 6.07 Å². The maximum absolute atomic E-state index is 9.74. The summed E-state index contributed by atoms with van der Waals surface area (Å²) in [4.78, 5) is 0. The van der Waals surface area contributed by atoms with Crippen molar-refractivity contribution in [1.29, 1.82) is 5.26 Å². The third kappa shape index (κ3) is 2.72. The second-order valence-electron chi connectivity index (χ2n) is 6.59. The fraction of sp³-hybridized carbons (Fsp3) is 0.350. The molecule has 0 saturated carbocycles. The first-order valence-electron chi connectivity index (χ1n) is 7.69. The maximum atomic E-state index is 9.74. The molecule has 0 radical (unpaired) electrons. The van der Waals surface area contributed by atoms with E-state index in [9.17, 15) is 5.26 Å². The maximum Gasteiger partial charge on any atom is 0.0700 e. The SMILES string of the molecule is CC(C)c1ccc(CC2(C#N)Cc3ccccc3C2)cc1. The lowest BCUT2D eigenvalue weighted by molar-refractivity contribution is 0.418. The summed E-state index contributed by atoms with van der Waals surface area (Å²) in [5.41, 5.74) is 5.06. The number of nitrogens with zero attached hydrogens (tertiary/aromatic N) is 1. The summed E-state index contributed by atoms with van der Waals surface area (Å²) in [6, 6.07) is 19.9. The second kappa shape index (κ2) is 5.37. The molecule has 0 unspecified atom stereocenters. The molecular weight excluding hydrogens is 254 g/mol. The minimum absolute atomic E-state index is 0.261. The van der Waals surface area contributed by atoms with Crippen LogP contribution in [0.5, 0.6) is 0 Å². The standard InChI is InChI=1S/C20H21N/c1-15(2)17-9-7-16(8-10-17)11-20(14-21)12-18-5-3-4-6-19(18)13-20/h3-10,15H,11-13H2,1-2H3. The average Bonchev–Trinajstić information content (AvgIpc) is 2.86. The predicted octanol–water partition coefficient (Wildman–Crippen LogP) is 4.66. The van der Waals surface area contributed by atoms with E-state index in [1.54, 1.807) is 0 Å². The van der Waals surface area contributed by atoms with Gasteiger partial charge in [0, 0.05) is 0 Å². The number of hydrogen-bond donors (Lipinski definition) is 0. The number of rotatable bonds is 3. The fourth-order valence-corrected chi connectivity index (χ4v) is 3.35. The monoisotopic (exact) mass is 275 g/mol. The normalized spacial score (nSPS) is 15.7. The van der Waals surface area contributed by atoms with Gasteiger partial charge in [-0.05, 0) is 47.4 Å². The number of nitriles is 1. The van der Waals surface area contributed by atoms with Gasteiger partial charge in [-0.1, -0.05) is 62.4 Å². The Morgan fingerprint density at radius 1 is 1.00 bits per heavy atom. The highest BCUT2D eigenvalue weighted by Crippen LogP contribution is 2.39. The van der Waals surface area contributed by atoms with Crippen LogP contribution >= 0.6 is 0 Å². The zero-order valence-corrected chi connectivity index (χ0v) is 12.8. The number of hydrogen-bond acceptors (Lipinski definition) is 1. The Labute approximate surface area is 127 Å². The highest BCUT2D eigenvalue weighted by Gasteiger charge is 2.37. The second-order valence-corrected chi connectivity index (χ2v) is 6.59. The Bertz CT molecular complexity index is 649. The van der Waals surface area contributed by atoms with Gasteiger partial charge in [0.05, 0.1) is 11.5 Å². The van der Waals surface area contributed by atoms with Crippen molar-refractivity contribution >= 4 is 0 Å². The molecule has 0 saturated heterocycles. The molecule has 1 heteroatoms. The molecule has 1 aliphatic rings. The molecule has 0 aromatic heterocycles. The van der Waals surface area contributed by atoms with Gasteiger partial charge in [0.2, 0.25) is 0 Å². The van der Waals surface area contributed by atoms with E-state index < -0.39 is 0 Å². The first-order valence-corrected chi connectivity index (χ1v) is 7.69. The molecule has 0 atom stereocenters. The Balaban J connectivity index is 1.82. The van der Waals surface area contributed by atoms with E-state index in [2.05, 4.69) is 68.4 Å². The van der Waals surface area contributed by atoms with Crippen molar-refractivity contribution < 1.29 is 0 Å². The molecular formula is C20H21N. The Morgan fingerprint density at radius 2 is 1.57 bits per heavy atom. The van der Waals surface area contributed by atoms with E-state index in [-0.39, 0.29) is 5.41 Å². The van der Waals surface area contributed by atoms with E-state index >= 15 is 0 Å². The Morgan fingerprint density at radius 3 is 2.05 bits per heavy atom. The van der Waals surface area contributed by atoms with Crippen LogP contribution in [0.3, 0.4) is 0 Å². The topological polar surface area (TPSA) is 23.8 Å². The summed E-state index contributed by atoms with van der Waals surface area (Å²) in [6.45, 7) is 4.42. The van der Waals surface area contributed by atoms with Gasteiger partial charge in [-0.3, -0.25) is 0 Å². The Kier molecular flexibility index (Phi) is 3.55. The zero-order valence-electron chi connectivity index (χ0n) is 12.8. The van der Waals surface area contributed by atoms with Crippen molar-refractivity contribution in [2.24, 2.45) is 5.41 Å². The van der Waals surface area contributed by atoms with Crippen LogP contribution in [-0.4, -0.2) is 0 Å². The molecule has 0 aliphatic heterocycles. The van der Waals surface area contributed by atoms with Crippen molar-refractivity contribution in [2.45, 2.75) is 39.0 Å². The smallest absolute Gasteiger partial charge is 0.0700 e. The van der Waals surface area contributed by atoms with Gasteiger partial charge < -0.3 is 0 Å².